The molecule has 5 nitrogen and oxygen atoms in total. The Bertz CT molecular complexity index is 992. The number of furan rings is 1. The van der Waals surface area contributed by atoms with Crippen LogP contribution in [0.25, 0.3) is 11.0 Å². The summed E-state index contributed by atoms with van der Waals surface area (Å²) in [5.74, 6) is -0.406. The number of amides is 2. The van der Waals surface area contributed by atoms with Crippen molar-refractivity contribution >= 4 is 44.4 Å². The molecular formula is C19H17BrN2O3. The molecule has 0 spiro atoms. The number of halogens is 1. The Hall–Kier alpha value is -2.60. The molecule has 0 aliphatic rings. The van der Waals surface area contributed by atoms with Crippen molar-refractivity contribution < 1.29 is 14.0 Å². The van der Waals surface area contributed by atoms with Gasteiger partial charge in [-0.15, -0.1) is 0 Å². The Labute approximate surface area is 153 Å². The van der Waals surface area contributed by atoms with Gasteiger partial charge in [0.1, 0.15) is 5.58 Å². The summed E-state index contributed by atoms with van der Waals surface area (Å²) in [5, 5.41) is 6.26. The quantitative estimate of drug-likeness (QED) is 0.683. The van der Waals surface area contributed by atoms with Crippen LogP contribution in [0.2, 0.25) is 0 Å². The Kier molecular flexibility index (Phi) is 4.63. The molecule has 2 amide bonds. The summed E-state index contributed by atoms with van der Waals surface area (Å²) in [4.78, 5) is 24.8. The molecule has 0 atom stereocenters. The third kappa shape index (κ3) is 3.17. The van der Waals surface area contributed by atoms with Gasteiger partial charge in [-0.2, -0.15) is 0 Å². The fraction of sp³-hybridized carbons (Fsp3) is 0.158. The second kappa shape index (κ2) is 6.72. The molecule has 0 radical (unpaired) electrons. The molecule has 0 unspecified atom stereocenters. The second-order valence-corrected chi connectivity index (χ2v) is 6.64. The molecule has 3 aromatic rings. The van der Waals surface area contributed by atoms with E-state index >= 15 is 0 Å². The fourth-order valence-electron chi connectivity index (χ4n) is 2.79. The second-order valence-electron chi connectivity index (χ2n) is 5.73. The highest BCUT2D eigenvalue weighted by atomic mass is 79.9. The van der Waals surface area contributed by atoms with Crippen LogP contribution in [-0.2, 0) is 0 Å². The van der Waals surface area contributed by atoms with Gasteiger partial charge in [0.25, 0.3) is 11.8 Å². The fourth-order valence-corrected chi connectivity index (χ4v) is 3.15. The highest BCUT2D eigenvalue weighted by Crippen LogP contribution is 2.29. The monoisotopic (exact) mass is 400 g/mol. The molecule has 0 bridgehead atoms. The highest BCUT2D eigenvalue weighted by Gasteiger charge is 2.21. The molecule has 0 aliphatic carbocycles. The van der Waals surface area contributed by atoms with Gasteiger partial charge in [-0.25, -0.2) is 0 Å². The Balaban J connectivity index is 2.00. The Morgan fingerprint density at radius 3 is 2.56 bits per heavy atom. The van der Waals surface area contributed by atoms with Gasteiger partial charge < -0.3 is 15.1 Å². The molecular weight excluding hydrogens is 384 g/mol. The zero-order valence-electron chi connectivity index (χ0n) is 14.1. The minimum absolute atomic E-state index is 0.234. The van der Waals surface area contributed by atoms with Crippen LogP contribution in [0.15, 0.2) is 45.3 Å². The number of carbonyl (C=O) groups excluding carboxylic acids is 2. The van der Waals surface area contributed by atoms with Crippen molar-refractivity contribution in [2.24, 2.45) is 0 Å². The van der Waals surface area contributed by atoms with Crippen molar-refractivity contribution in [3.63, 3.8) is 0 Å². The molecule has 2 aromatic carbocycles. The van der Waals surface area contributed by atoms with Crippen molar-refractivity contribution in [3.05, 3.63) is 63.3 Å². The first-order valence-corrected chi connectivity index (χ1v) is 8.53. The zero-order chi connectivity index (χ0) is 18.1. The summed E-state index contributed by atoms with van der Waals surface area (Å²) in [6, 6.07) is 10.9. The first-order chi connectivity index (χ1) is 11.9. The minimum atomic E-state index is -0.388. The number of hydrogen-bond donors (Lipinski definition) is 2. The van der Waals surface area contributed by atoms with Crippen molar-refractivity contribution in [1.82, 2.24) is 5.32 Å². The molecule has 6 heteroatoms. The van der Waals surface area contributed by atoms with Gasteiger partial charge >= 0.3 is 0 Å². The van der Waals surface area contributed by atoms with Crippen LogP contribution >= 0.6 is 15.9 Å². The van der Waals surface area contributed by atoms with Crippen molar-refractivity contribution in [1.29, 1.82) is 0 Å². The maximum atomic E-state index is 12.7. The van der Waals surface area contributed by atoms with Crippen molar-refractivity contribution in [3.8, 4) is 0 Å². The first kappa shape index (κ1) is 17.2. The zero-order valence-corrected chi connectivity index (χ0v) is 15.7. The van der Waals surface area contributed by atoms with Crippen LogP contribution in [-0.4, -0.2) is 18.9 Å². The van der Waals surface area contributed by atoms with E-state index in [1.165, 1.54) is 0 Å². The molecule has 0 saturated carbocycles. The third-order valence-corrected chi connectivity index (χ3v) is 4.57. The predicted molar refractivity (Wildman–Crippen MR) is 101 cm³/mol. The lowest BCUT2D eigenvalue weighted by Crippen LogP contribution is -2.22. The molecule has 25 heavy (non-hydrogen) atoms. The molecule has 2 N–H and O–H groups in total. The average Bonchev–Trinajstić information content (AvgIpc) is 2.91. The number of hydrogen-bond acceptors (Lipinski definition) is 3. The van der Waals surface area contributed by atoms with E-state index in [9.17, 15) is 9.59 Å². The number of carbonyl (C=O) groups is 2. The van der Waals surface area contributed by atoms with Crippen molar-refractivity contribution in [2.45, 2.75) is 13.8 Å². The summed E-state index contributed by atoms with van der Waals surface area (Å²) in [5.41, 5.74) is 3.06. The van der Waals surface area contributed by atoms with E-state index in [1.807, 2.05) is 38.1 Å². The van der Waals surface area contributed by atoms with Crippen LogP contribution in [0.5, 0.6) is 0 Å². The van der Waals surface area contributed by atoms with E-state index in [0.717, 1.165) is 21.0 Å². The van der Waals surface area contributed by atoms with Crippen LogP contribution in [0, 0.1) is 13.8 Å². The number of aryl methyl sites for hydroxylation is 2. The molecule has 128 valence electrons. The molecule has 3 rings (SSSR count). The summed E-state index contributed by atoms with van der Waals surface area (Å²) >= 11 is 3.42. The van der Waals surface area contributed by atoms with E-state index in [-0.39, 0.29) is 17.6 Å². The molecule has 0 saturated heterocycles. The maximum Gasteiger partial charge on any atom is 0.291 e. The molecule has 1 aromatic heterocycles. The SMILES string of the molecule is CNC(=O)c1c(C)cccc1NC(=O)c1oc2ccc(Br)cc2c1C. The van der Waals surface area contributed by atoms with Gasteiger partial charge in [-0.05, 0) is 43.7 Å². The topological polar surface area (TPSA) is 71.3 Å². The number of anilines is 1. The Morgan fingerprint density at radius 1 is 1.08 bits per heavy atom. The third-order valence-electron chi connectivity index (χ3n) is 4.08. The van der Waals surface area contributed by atoms with Crippen LogP contribution in [0.3, 0.4) is 0 Å². The summed E-state index contributed by atoms with van der Waals surface area (Å²) in [6.07, 6.45) is 0. The lowest BCUT2D eigenvalue weighted by atomic mass is 10.1. The number of nitrogens with one attached hydrogen (secondary N) is 2. The van der Waals surface area contributed by atoms with Gasteiger partial charge in [-0.3, -0.25) is 9.59 Å². The summed E-state index contributed by atoms with van der Waals surface area (Å²) in [6.45, 7) is 3.66. The standard InChI is InChI=1S/C19H17BrN2O3/c1-10-5-4-6-14(16(10)18(23)21-3)22-19(24)17-11(2)13-9-12(20)7-8-15(13)25-17/h4-9H,1-3H3,(H,21,23)(H,22,24). The van der Waals surface area contributed by atoms with Gasteiger partial charge in [0, 0.05) is 22.5 Å². The maximum absolute atomic E-state index is 12.7. The van der Waals surface area contributed by atoms with Crippen LogP contribution < -0.4 is 10.6 Å². The van der Waals surface area contributed by atoms with Gasteiger partial charge in [-0.1, -0.05) is 28.1 Å². The lowest BCUT2D eigenvalue weighted by Gasteiger charge is -2.12. The normalized spacial score (nSPS) is 10.7. The van der Waals surface area contributed by atoms with Crippen LogP contribution in [0.1, 0.15) is 32.0 Å². The van der Waals surface area contributed by atoms with Crippen LogP contribution in [0.4, 0.5) is 5.69 Å². The smallest absolute Gasteiger partial charge is 0.291 e. The van der Waals surface area contributed by atoms with E-state index in [0.29, 0.717) is 16.8 Å². The van der Waals surface area contributed by atoms with E-state index < -0.39 is 0 Å². The Morgan fingerprint density at radius 2 is 1.84 bits per heavy atom. The lowest BCUT2D eigenvalue weighted by molar-refractivity contribution is 0.0963. The first-order valence-electron chi connectivity index (χ1n) is 7.74. The number of benzene rings is 2. The molecule has 0 aliphatic heterocycles. The minimum Gasteiger partial charge on any atom is -0.451 e. The summed E-state index contributed by atoms with van der Waals surface area (Å²) in [7, 11) is 1.56. The molecule has 0 fully saturated rings. The highest BCUT2D eigenvalue weighted by molar-refractivity contribution is 9.10. The number of rotatable bonds is 3. The van der Waals surface area contributed by atoms with E-state index in [2.05, 4.69) is 26.6 Å². The summed E-state index contributed by atoms with van der Waals surface area (Å²) < 4.78 is 6.62. The predicted octanol–water partition coefficient (Wildman–Crippen LogP) is 4.42. The van der Waals surface area contributed by atoms with Crippen molar-refractivity contribution in [2.75, 3.05) is 12.4 Å². The van der Waals surface area contributed by atoms with Gasteiger partial charge in [0.05, 0.1) is 11.3 Å². The van der Waals surface area contributed by atoms with Gasteiger partial charge in [0.2, 0.25) is 0 Å². The van der Waals surface area contributed by atoms with Gasteiger partial charge in [0.15, 0.2) is 5.76 Å². The largest absolute Gasteiger partial charge is 0.451 e. The van der Waals surface area contributed by atoms with E-state index in [1.54, 1.807) is 19.2 Å². The average molecular weight is 401 g/mol. The molecule has 1 heterocycles. The van der Waals surface area contributed by atoms with E-state index in [4.69, 9.17) is 4.42 Å². The number of fused-ring (bicyclic) bond motifs is 1.